The first kappa shape index (κ1) is 12.4. The molecule has 1 atom stereocenters. The highest BCUT2D eigenvalue weighted by molar-refractivity contribution is 5.86. The fourth-order valence-electron chi connectivity index (χ4n) is 1.80. The van der Waals surface area contributed by atoms with Gasteiger partial charge in [-0.3, -0.25) is 0 Å². The average Bonchev–Trinajstić information content (AvgIpc) is 2.53. The zero-order valence-corrected chi connectivity index (χ0v) is 10.6. The van der Waals surface area contributed by atoms with E-state index < -0.39 is 5.97 Å². The molecule has 0 aliphatic carbocycles. The quantitative estimate of drug-likeness (QED) is 0.788. The van der Waals surface area contributed by atoms with Crippen LogP contribution >= 0.6 is 0 Å². The zero-order chi connectivity index (χ0) is 13.8. The summed E-state index contributed by atoms with van der Waals surface area (Å²) in [5, 5.41) is 0. The van der Waals surface area contributed by atoms with Gasteiger partial charge in [0, 0.05) is 6.20 Å². The molecule has 1 unspecified atom stereocenters. The molecule has 0 bridgehead atoms. The Hall–Kier alpha value is -2.63. The first-order valence-electron chi connectivity index (χ1n) is 6.14. The second-order valence-corrected chi connectivity index (χ2v) is 4.19. The molecule has 0 fully saturated rings. The van der Waals surface area contributed by atoms with Crippen LogP contribution in [0.3, 0.4) is 0 Å². The Morgan fingerprint density at radius 2 is 2.15 bits per heavy atom. The SMILES string of the molecule is O=C(OCC1COc2ccccc2O1)c1ccncn1. The van der Waals surface area contributed by atoms with E-state index >= 15 is 0 Å². The van der Waals surface area contributed by atoms with E-state index in [0.717, 1.165) is 0 Å². The first-order valence-corrected chi connectivity index (χ1v) is 6.14. The highest BCUT2D eigenvalue weighted by Crippen LogP contribution is 2.30. The van der Waals surface area contributed by atoms with Gasteiger partial charge in [0.05, 0.1) is 0 Å². The molecule has 3 rings (SSSR count). The molecule has 0 N–H and O–H groups in total. The molecule has 1 aliphatic heterocycles. The standard InChI is InChI=1S/C14H12N2O4/c17-14(11-5-6-15-9-16-11)19-8-10-7-18-12-3-1-2-4-13(12)20-10/h1-6,9-10H,7-8H2. The van der Waals surface area contributed by atoms with Crippen molar-refractivity contribution in [2.75, 3.05) is 13.2 Å². The number of carbonyl (C=O) groups excluding carboxylic acids is 1. The molecule has 2 heterocycles. The molecule has 0 saturated carbocycles. The average molecular weight is 272 g/mol. The fourth-order valence-corrected chi connectivity index (χ4v) is 1.80. The molecule has 2 aromatic rings. The number of hydrogen-bond acceptors (Lipinski definition) is 6. The molecule has 20 heavy (non-hydrogen) atoms. The third-order valence-corrected chi connectivity index (χ3v) is 2.76. The summed E-state index contributed by atoms with van der Waals surface area (Å²) < 4.78 is 16.4. The van der Waals surface area contributed by atoms with Gasteiger partial charge < -0.3 is 14.2 Å². The van der Waals surface area contributed by atoms with Crippen molar-refractivity contribution in [1.82, 2.24) is 9.97 Å². The minimum absolute atomic E-state index is 0.108. The summed E-state index contributed by atoms with van der Waals surface area (Å²) in [6, 6.07) is 8.87. The third-order valence-electron chi connectivity index (χ3n) is 2.76. The van der Waals surface area contributed by atoms with E-state index in [2.05, 4.69) is 9.97 Å². The predicted octanol–water partition coefficient (Wildman–Crippen LogP) is 1.47. The number of fused-ring (bicyclic) bond motifs is 1. The van der Waals surface area contributed by atoms with Crippen LogP contribution in [-0.2, 0) is 4.74 Å². The lowest BCUT2D eigenvalue weighted by molar-refractivity contribution is 0.0105. The van der Waals surface area contributed by atoms with Crippen LogP contribution in [0.25, 0.3) is 0 Å². The number of aromatic nitrogens is 2. The number of ether oxygens (including phenoxy) is 3. The van der Waals surface area contributed by atoms with Gasteiger partial charge in [0.25, 0.3) is 0 Å². The molecule has 0 amide bonds. The molecule has 0 saturated heterocycles. The van der Waals surface area contributed by atoms with E-state index in [-0.39, 0.29) is 18.4 Å². The fraction of sp³-hybridized carbons (Fsp3) is 0.214. The van der Waals surface area contributed by atoms with Gasteiger partial charge in [0.2, 0.25) is 0 Å². The number of nitrogens with zero attached hydrogens (tertiary/aromatic N) is 2. The molecule has 1 aromatic carbocycles. The van der Waals surface area contributed by atoms with Gasteiger partial charge >= 0.3 is 5.97 Å². The number of carbonyl (C=O) groups is 1. The second-order valence-electron chi connectivity index (χ2n) is 4.19. The Balaban J connectivity index is 1.57. The maximum Gasteiger partial charge on any atom is 0.357 e. The topological polar surface area (TPSA) is 70.5 Å². The molecular formula is C14H12N2O4. The number of esters is 1. The third kappa shape index (κ3) is 2.69. The van der Waals surface area contributed by atoms with Crippen molar-refractivity contribution in [3.05, 3.63) is 48.5 Å². The highest BCUT2D eigenvalue weighted by atomic mass is 16.6. The van der Waals surface area contributed by atoms with Crippen molar-refractivity contribution in [2.45, 2.75) is 6.10 Å². The van der Waals surface area contributed by atoms with Gasteiger partial charge in [0.15, 0.2) is 23.3 Å². The van der Waals surface area contributed by atoms with Crippen molar-refractivity contribution < 1.29 is 19.0 Å². The van der Waals surface area contributed by atoms with Gasteiger partial charge in [-0.25, -0.2) is 14.8 Å². The van der Waals surface area contributed by atoms with Crippen LogP contribution in [-0.4, -0.2) is 35.3 Å². The Morgan fingerprint density at radius 1 is 1.30 bits per heavy atom. The lowest BCUT2D eigenvalue weighted by Crippen LogP contribution is -2.34. The Morgan fingerprint density at radius 3 is 2.95 bits per heavy atom. The first-order chi connectivity index (χ1) is 9.83. The molecule has 6 heteroatoms. The molecule has 1 aromatic heterocycles. The van der Waals surface area contributed by atoms with Crippen LogP contribution in [0, 0.1) is 0 Å². The van der Waals surface area contributed by atoms with E-state index in [1.165, 1.54) is 18.6 Å². The largest absolute Gasteiger partial charge is 0.486 e. The van der Waals surface area contributed by atoms with Crippen molar-refractivity contribution in [2.24, 2.45) is 0 Å². The van der Waals surface area contributed by atoms with Crippen molar-refractivity contribution in [1.29, 1.82) is 0 Å². The van der Waals surface area contributed by atoms with Crippen molar-refractivity contribution in [3.63, 3.8) is 0 Å². The lowest BCUT2D eigenvalue weighted by Gasteiger charge is -2.25. The number of para-hydroxylation sites is 2. The van der Waals surface area contributed by atoms with Crippen LogP contribution in [0.5, 0.6) is 11.5 Å². The van der Waals surface area contributed by atoms with E-state index in [9.17, 15) is 4.79 Å². The van der Waals surface area contributed by atoms with E-state index in [4.69, 9.17) is 14.2 Å². The Labute approximate surface area is 115 Å². The number of benzene rings is 1. The van der Waals surface area contributed by atoms with Crippen LogP contribution in [0.4, 0.5) is 0 Å². The molecule has 0 radical (unpaired) electrons. The van der Waals surface area contributed by atoms with E-state index in [1.54, 1.807) is 0 Å². The summed E-state index contributed by atoms with van der Waals surface area (Å²) in [5.74, 6) is 0.850. The highest BCUT2D eigenvalue weighted by Gasteiger charge is 2.22. The predicted molar refractivity (Wildman–Crippen MR) is 68.7 cm³/mol. The number of rotatable bonds is 3. The second kappa shape index (κ2) is 5.56. The summed E-state index contributed by atoms with van der Waals surface area (Å²) in [4.78, 5) is 19.3. The normalized spacial score (nSPS) is 16.5. The monoisotopic (exact) mass is 272 g/mol. The van der Waals surface area contributed by atoms with Crippen LogP contribution in [0.2, 0.25) is 0 Å². The Bertz CT molecular complexity index is 603. The maximum absolute atomic E-state index is 11.7. The van der Waals surface area contributed by atoms with E-state index in [1.807, 2.05) is 24.3 Å². The number of hydrogen-bond donors (Lipinski definition) is 0. The minimum Gasteiger partial charge on any atom is -0.486 e. The summed E-state index contributed by atoms with van der Waals surface area (Å²) in [6.45, 7) is 0.450. The molecular weight excluding hydrogens is 260 g/mol. The molecule has 0 spiro atoms. The van der Waals surface area contributed by atoms with Crippen LogP contribution in [0.1, 0.15) is 10.5 Å². The zero-order valence-electron chi connectivity index (χ0n) is 10.6. The van der Waals surface area contributed by atoms with Gasteiger partial charge in [-0.15, -0.1) is 0 Å². The summed E-state index contributed by atoms with van der Waals surface area (Å²) in [6.07, 6.45) is 2.46. The van der Waals surface area contributed by atoms with Gasteiger partial charge in [-0.1, -0.05) is 12.1 Å². The van der Waals surface area contributed by atoms with Crippen molar-refractivity contribution >= 4 is 5.97 Å². The summed E-state index contributed by atoms with van der Waals surface area (Å²) in [7, 11) is 0. The van der Waals surface area contributed by atoms with E-state index in [0.29, 0.717) is 18.1 Å². The Kier molecular flexibility index (Phi) is 3.45. The van der Waals surface area contributed by atoms with Gasteiger partial charge in [-0.05, 0) is 18.2 Å². The van der Waals surface area contributed by atoms with Crippen molar-refractivity contribution in [3.8, 4) is 11.5 Å². The summed E-state index contributed by atoms with van der Waals surface area (Å²) in [5.41, 5.74) is 0.220. The molecule has 6 nitrogen and oxygen atoms in total. The minimum atomic E-state index is -0.505. The van der Waals surface area contributed by atoms with Gasteiger partial charge in [0.1, 0.15) is 19.5 Å². The maximum atomic E-state index is 11.7. The smallest absolute Gasteiger partial charge is 0.357 e. The molecule has 1 aliphatic rings. The molecule has 102 valence electrons. The summed E-state index contributed by atoms with van der Waals surface area (Å²) >= 11 is 0. The van der Waals surface area contributed by atoms with Crippen LogP contribution in [0.15, 0.2) is 42.9 Å². The van der Waals surface area contributed by atoms with Gasteiger partial charge in [-0.2, -0.15) is 0 Å². The lowest BCUT2D eigenvalue weighted by atomic mass is 10.3. The van der Waals surface area contributed by atoms with Crippen LogP contribution < -0.4 is 9.47 Å².